The Kier molecular flexibility index (Phi) is 9.65. The van der Waals surface area contributed by atoms with Crippen molar-refractivity contribution in [3.63, 3.8) is 0 Å². The predicted octanol–water partition coefficient (Wildman–Crippen LogP) is 3.94. The summed E-state index contributed by atoms with van der Waals surface area (Å²) in [4.78, 5) is 11.2. The number of hydrogen-bond acceptors (Lipinski definition) is 2. The molecule has 0 aliphatic rings. The topological polar surface area (TPSA) is 26.3 Å². The number of hydrogen-bond donors (Lipinski definition) is 0. The molecule has 15 heavy (non-hydrogen) atoms. The van der Waals surface area contributed by atoms with Crippen LogP contribution in [-0.2, 0) is 9.53 Å². The molecule has 0 unspecified atom stereocenters. The molecular formula is C13H26O2. The van der Waals surface area contributed by atoms with Crippen LogP contribution < -0.4 is 0 Å². The van der Waals surface area contributed by atoms with Crippen molar-refractivity contribution in [2.75, 3.05) is 6.61 Å². The van der Waals surface area contributed by atoms with Gasteiger partial charge < -0.3 is 4.74 Å². The highest BCUT2D eigenvalue weighted by Gasteiger charge is 2.01. The third-order valence-corrected chi connectivity index (χ3v) is 2.42. The van der Waals surface area contributed by atoms with Crippen molar-refractivity contribution >= 4 is 5.97 Å². The van der Waals surface area contributed by atoms with Crippen LogP contribution in [-0.4, -0.2) is 12.6 Å². The van der Waals surface area contributed by atoms with Crippen LogP contribution in [0.5, 0.6) is 0 Å². The number of unbranched alkanes of at least 4 members (excludes halogenated alkanes) is 3. The van der Waals surface area contributed by atoms with Gasteiger partial charge in [-0.1, -0.05) is 40.0 Å². The highest BCUT2D eigenvalue weighted by Crippen LogP contribution is 2.06. The van der Waals surface area contributed by atoms with Crippen molar-refractivity contribution in [1.29, 1.82) is 0 Å². The average molecular weight is 214 g/mol. The molecule has 0 spiro atoms. The van der Waals surface area contributed by atoms with Crippen molar-refractivity contribution in [3.05, 3.63) is 0 Å². The highest BCUT2D eigenvalue weighted by atomic mass is 16.5. The summed E-state index contributed by atoms with van der Waals surface area (Å²) >= 11 is 0. The maximum Gasteiger partial charge on any atom is 0.305 e. The molecule has 2 nitrogen and oxygen atoms in total. The van der Waals surface area contributed by atoms with Crippen molar-refractivity contribution in [3.8, 4) is 0 Å². The Morgan fingerprint density at radius 1 is 1.13 bits per heavy atom. The van der Waals surface area contributed by atoms with Gasteiger partial charge in [0.05, 0.1) is 6.61 Å². The fourth-order valence-electron chi connectivity index (χ4n) is 1.43. The summed E-state index contributed by atoms with van der Waals surface area (Å²) in [6.07, 6.45) is 7.26. The van der Waals surface area contributed by atoms with E-state index in [4.69, 9.17) is 4.74 Å². The van der Waals surface area contributed by atoms with E-state index in [1.54, 1.807) is 0 Å². The Hall–Kier alpha value is -0.530. The van der Waals surface area contributed by atoms with Crippen LogP contribution in [0.2, 0.25) is 0 Å². The van der Waals surface area contributed by atoms with Crippen molar-refractivity contribution in [2.24, 2.45) is 5.92 Å². The molecule has 2 heteroatoms. The van der Waals surface area contributed by atoms with Gasteiger partial charge in [-0.15, -0.1) is 0 Å². The minimum atomic E-state index is -0.0204. The SMILES string of the molecule is CCCCCC(=O)OCCCCC(C)C. The van der Waals surface area contributed by atoms with Crippen molar-refractivity contribution in [1.82, 2.24) is 0 Å². The first-order valence-electron chi connectivity index (χ1n) is 6.32. The first kappa shape index (κ1) is 14.5. The lowest BCUT2D eigenvalue weighted by Gasteiger charge is -2.06. The first-order valence-corrected chi connectivity index (χ1v) is 6.32. The zero-order valence-electron chi connectivity index (χ0n) is 10.6. The fraction of sp³-hybridized carbons (Fsp3) is 0.923. The van der Waals surface area contributed by atoms with Gasteiger partial charge in [0, 0.05) is 6.42 Å². The molecule has 0 fully saturated rings. The lowest BCUT2D eigenvalue weighted by Crippen LogP contribution is -2.05. The summed E-state index contributed by atoms with van der Waals surface area (Å²) in [5.74, 6) is 0.734. The van der Waals surface area contributed by atoms with Crippen molar-refractivity contribution < 1.29 is 9.53 Å². The van der Waals surface area contributed by atoms with Gasteiger partial charge in [-0.3, -0.25) is 4.79 Å². The smallest absolute Gasteiger partial charge is 0.305 e. The largest absolute Gasteiger partial charge is 0.466 e. The normalized spacial score (nSPS) is 10.7. The minimum absolute atomic E-state index is 0.0204. The molecule has 0 aromatic carbocycles. The maximum absolute atomic E-state index is 11.2. The molecule has 0 aliphatic carbocycles. The number of ether oxygens (including phenoxy) is 1. The van der Waals surface area contributed by atoms with Crippen molar-refractivity contribution in [2.45, 2.75) is 65.7 Å². The van der Waals surface area contributed by atoms with Crippen LogP contribution in [0, 0.1) is 5.92 Å². The number of carbonyl (C=O) groups excluding carboxylic acids is 1. The summed E-state index contributed by atoms with van der Waals surface area (Å²) in [5.41, 5.74) is 0. The van der Waals surface area contributed by atoms with E-state index in [1.807, 2.05) is 0 Å². The summed E-state index contributed by atoms with van der Waals surface area (Å²) < 4.78 is 5.13. The van der Waals surface area contributed by atoms with Crippen LogP contribution in [0.15, 0.2) is 0 Å². The summed E-state index contributed by atoms with van der Waals surface area (Å²) in [5, 5.41) is 0. The van der Waals surface area contributed by atoms with Crippen LogP contribution in [0.25, 0.3) is 0 Å². The molecule has 0 atom stereocenters. The van der Waals surface area contributed by atoms with E-state index in [9.17, 15) is 4.79 Å². The summed E-state index contributed by atoms with van der Waals surface area (Å²) in [6.45, 7) is 7.18. The van der Waals surface area contributed by atoms with Crippen LogP contribution in [0.1, 0.15) is 65.7 Å². The third kappa shape index (κ3) is 11.4. The van der Waals surface area contributed by atoms with E-state index in [2.05, 4.69) is 20.8 Å². The highest BCUT2D eigenvalue weighted by molar-refractivity contribution is 5.69. The van der Waals surface area contributed by atoms with E-state index < -0.39 is 0 Å². The van der Waals surface area contributed by atoms with Gasteiger partial charge in [-0.2, -0.15) is 0 Å². The molecule has 0 saturated heterocycles. The van der Waals surface area contributed by atoms with Crippen LogP contribution in [0.4, 0.5) is 0 Å². The molecule has 0 heterocycles. The van der Waals surface area contributed by atoms with E-state index >= 15 is 0 Å². The first-order chi connectivity index (χ1) is 7.16. The molecule has 0 saturated carbocycles. The number of rotatable bonds is 9. The van der Waals surface area contributed by atoms with Gasteiger partial charge in [0.1, 0.15) is 0 Å². The lowest BCUT2D eigenvalue weighted by atomic mass is 10.1. The number of carbonyl (C=O) groups is 1. The monoisotopic (exact) mass is 214 g/mol. The molecular weight excluding hydrogens is 188 g/mol. The molecule has 0 aromatic heterocycles. The average Bonchev–Trinajstić information content (AvgIpc) is 2.17. The second-order valence-corrected chi connectivity index (χ2v) is 4.57. The van der Waals surface area contributed by atoms with Gasteiger partial charge in [0.2, 0.25) is 0 Å². The molecule has 0 bridgehead atoms. The zero-order chi connectivity index (χ0) is 11.5. The fourth-order valence-corrected chi connectivity index (χ4v) is 1.43. The van der Waals surface area contributed by atoms with Gasteiger partial charge in [0.15, 0.2) is 0 Å². The molecule has 0 aliphatic heterocycles. The standard InChI is InChI=1S/C13H26O2/c1-4-5-6-10-13(14)15-11-8-7-9-12(2)3/h12H,4-11H2,1-3H3. The molecule has 0 N–H and O–H groups in total. The number of esters is 1. The van der Waals surface area contributed by atoms with Gasteiger partial charge in [-0.25, -0.2) is 0 Å². The Bertz CT molecular complexity index is 153. The maximum atomic E-state index is 11.2. The van der Waals surface area contributed by atoms with E-state index in [1.165, 1.54) is 12.8 Å². The van der Waals surface area contributed by atoms with E-state index in [-0.39, 0.29) is 5.97 Å². The Balaban J connectivity index is 3.17. The second-order valence-electron chi connectivity index (χ2n) is 4.57. The lowest BCUT2D eigenvalue weighted by molar-refractivity contribution is -0.143. The molecule has 0 rings (SSSR count). The Morgan fingerprint density at radius 2 is 1.87 bits per heavy atom. The third-order valence-electron chi connectivity index (χ3n) is 2.42. The Morgan fingerprint density at radius 3 is 2.47 bits per heavy atom. The van der Waals surface area contributed by atoms with Gasteiger partial charge >= 0.3 is 5.97 Å². The minimum Gasteiger partial charge on any atom is -0.466 e. The van der Waals surface area contributed by atoms with E-state index in [0.29, 0.717) is 13.0 Å². The zero-order valence-corrected chi connectivity index (χ0v) is 10.6. The molecule has 0 aromatic rings. The summed E-state index contributed by atoms with van der Waals surface area (Å²) in [6, 6.07) is 0. The summed E-state index contributed by atoms with van der Waals surface area (Å²) in [7, 11) is 0. The quantitative estimate of drug-likeness (QED) is 0.429. The van der Waals surface area contributed by atoms with Crippen LogP contribution >= 0.6 is 0 Å². The molecule has 90 valence electrons. The molecule has 0 radical (unpaired) electrons. The predicted molar refractivity (Wildman–Crippen MR) is 63.8 cm³/mol. The Labute approximate surface area is 94.4 Å². The second kappa shape index (κ2) is 10.0. The molecule has 0 amide bonds. The van der Waals surface area contributed by atoms with E-state index in [0.717, 1.165) is 31.6 Å². The van der Waals surface area contributed by atoms with Crippen LogP contribution in [0.3, 0.4) is 0 Å². The van der Waals surface area contributed by atoms with Gasteiger partial charge in [0.25, 0.3) is 0 Å². The van der Waals surface area contributed by atoms with Gasteiger partial charge in [-0.05, 0) is 25.2 Å².